The van der Waals surface area contributed by atoms with Gasteiger partial charge in [-0.15, -0.1) is 0 Å². The van der Waals surface area contributed by atoms with Crippen molar-refractivity contribution in [3.8, 4) is 23.0 Å². The van der Waals surface area contributed by atoms with Crippen LogP contribution in [0.3, 0.4) is 0 Å². The lowest BCUT2D eigenvalue weighted by atomic mass is 9.85. The van der Waals surface area contributed by atoms with Gasteiger partial charge in [0.2, 0.25) is 0 Å². The Bertz CT molecular complexity index is 2130. The second-order valence-corrected chi connectivity index (χ2v) is 12.3. The maximum atomic E-state index is 15.4. The molecule has 6 rings (SSSR count). The highest BCUT2D eigenvalue weighted by atomic mass is 19.1. The van der Waals surface area contributed by atoms with E-state index in [1.165, 1.54) is 28.6 Å². The molecule has 10 nitrogen and oxygen atoms in total. The lowest BCUT2D eigenvalue weighted by Crippen LogP contribution is -2.23. The second-order valence-electron chi connectivity index (χ2n) is 12.3. The molecule has 11 heteroatoms. The van der Waals surface area contributed by atoms with Gasteiger partial charge in [-0.25, -0.2) is 14.1 Å². The van der Waals surface area contributed by atoms with E-state index >= 15 is 4.39 Å². The Morgan fingerprint density at radius 3 is 2.59 bits per heavy atom. The molecule has 0 bridgehead atoms. The quantitative estimate of drug-likeness (QED) is 0.267. The minimum absolute atomic E-state index is 0.125. The van der Waals surface area contributed by atoms with Gasteiger partial charge in [0.25, 0.3) is 11.1 Å². The van der Waals surface area contributed by atoms with Crippen molar-refractivity contribution in [1.29, 1.82) is 5.26 Å². The summed E-state index contributed by atoms with van der Waals surface area (Å²) < 4.78 is 17.9. The number of hydrogen-bond acceptors (Lipinski definition) is 8. The number of hydrogen-bond donors (Lipinski definition) is 2. The molecule has 1 saturated heterocycles. The number of aliphatic hydroxyl groups is 1. The molecule has 0 radical (unpaired) electrons. The zero-order valence-electron chi connectivity index (χ0n) is 26.1. The lowest BCUT2D eigenvalue weighted by Gasteiger charge is -2.18. The van der Waals surface area contributed by atoms with Crippen LogP contribution in [0.15, 0.2) is 76.6 Å². The number of nitriles is 1. The molecule has 0 saturated carbocycles. The molecule has 234 valence electrons. The number of halogens is 1. The van der Waals surface area contributed by atoms with Crippen molar-refractivity contribution in [3.05, 3.63) is 110 Å². The molecule has 1 fully saturated rings. The zero-order chi connectivity index (χ0) is 32.7. The number of pyridine rings is 2. The molecule has 5 aromatic rings. The fourth-order valence-electron chi connectivity index (χ4n) is 6.05. The number of benzene rings is 2. The molecular weight excluding hydrogens is 585 g/mol. The van der Waals surface area contributed by atoms with Crippen LogP contribution in [0.25, 0.3) is 27.7 Å². The first kappa shape index (κ1) is 30.8. The Kier molecular flexibility index (Phi) is 8.02. The Hall–Kier alpha value is -5.18. The summed E-state index contributed by atoms with van der Waals surface area (Å²) in [6, 6.07) is 17.2. The van der Waals surface area contributed by atoms with Gasteiger partial charge in [0.05, 0.1) is 34.9 Å². The number of nitrogens with one attached hydrogen (secondary N) is 1. The summed E-state index contributed by atoms with van der Waals surface area (Å²) in [5, 5.41) is 27.9. The summed E-state index contributed by atoms with van der Waals surface area (Å²) in [6.07, 6.45) is 4.43. The molecule has 0 amide bonds. The summed E-state index contributed by atoms with van der Waals surface area (Å²) in [4.78, 5) is 33.6. The number of nitrogens with zero attached hydrogens (tertiary/aromatic N) is 6. The van der Waals surface area contributed by atoms with Gasteiger partial charge in [-0.1, -0.05) is 18.2 Å². The largest absolute Gasteiger partial charge is 0.392 e. The topological polar surface area (TPSA) is 129 Å². The first-order valence-corrected chi connectivity index (χ1v) is 15.0. The SMILES string of the molecule is CN1CC[C@@H](c2ccc(Nc3cc(-c4cccc(-n5ccc6cc(C(C)(C)C#N)cc(F)c6c5=O)c4CO)nn(C)c3=O)nc2)C1. The standard InChI is InChI=1S/C35H34FN7O3/c1-35(2,20-37)24-14-21-11-13-43(34(46)32(21)27(36)15-24)30-7-5-6-25(26(30)19-44)28-16-29(33(45)42(4)40-28)39-31-9-8-22(17-38-31)23-10-12-41(3)18-23/h5-9,11,13-17,23,44H,10,12,18-19H2,1-4H3,(H,38,39)/t23-/m1/s1. The predicted molar refractivity (Wildman–Crippen MR) is 175 cm³/mol. The van der Waals surface area contributed by atoms with Crippen LogP contribution in [0.2, 0.25) is 0 Å². The van der Waals surface area contributed by atoms with Crippen LogP contribution < -0.4 is 16.4 Å². The van der Waals surface area contributed by atoms with Crippen molar-refractivity contribution >= 4 is 22.3 Å². The van der Waals surface area contributed by atoms with E-state index in [9.17, 15) is 20.0 Å². The average molecular weight is 620 g/mol. The molecule has 0 spiro atoms. The fraction of sp³-hybridized carbons (Fsp3) is 0.286. The van der Waals surface area contributed by atoms with E-state index in [4.69, 9.17) is 0 Å². The first-order valence-electron chi connectivity index (χ1n) is 15.0. The summed E-state index contributed by atoms with van der Waals surface area (Å²) in [6.45, 7) is 4.94. The Labute approximate surface area is 265 Å². The van der Waals surface area contributed by atoms with Crippen molar-refractivity contribution in [2.45, 2.75) is 38.2 Å². The van der Waals surface area contributed by atoms with Crippen molar-refractivity contribution in [3.63, 3.8) is 0 Å². The molecule has 0 unspecified atom stereocenters. The van der Waals surface area contributed by atoms with Gasteiger partial charge in [-0.2, -0.15) is 10.4 Å². The van der Waals surface area contributed by atoms with Crippen LogP contribution in [-0.4, -0.2) is 49.5 Å². The van der Waals surface area contributed by atoms with Gasteiger partial charge in [0.15, 0.2) is 0 Å². The van der Waals surface area contributed by atoms with Gasteiger partial charge in [0, 0.05) is 37.1 Å². The van der Waals surface area contributed by atoms with E-state index in [-0.39, 0.29) is 16.6 Å². The number of aromatic nitrogens is 4. The molecular formula is C35H34FN7O3. The van der Waals surface area contributed by atoms with E-state index in [0.29, 0.717) is 45.2 Å². The molecule has 46 heavy (non-hydrogen) atoms. The smallest absolute Gasteiger partial charge is 0.290 e. The molecule has 2 aromatic carbocycles. The van der Waals surface area contributed by atoms with E-state index in [1.807, 2.05) is 18.3 Å². The Balaban J connectivity index is 1.39. The normalized spacial score (nSPS) is 15.3. The number of aryl methyl sites for hydroxylation is 1. The lowest BCUT2D eigenvalue weighted by molar-refractivity contribution is 0.282. The van der Waals surface area contributed by atoms with Gasteiger partial charge < -0.3 is 15.3 Å². The van der Waals surface area contributed by atoms with Crippen molar-refractivity contribution in [2.24, 2.45) is 7.05 Å². The molecule has 1 atom stereocenters. The van der Waals surface area contributed by atoms with Crippen LogP contribution in [-0.2, 0) is 19.1 Å². The van der Waals surface area contributed by atoms with Gasteiger partial charge in [0.1, 0.15) is 17.3 Å². The molecule has 1 aliphatic rings. The van der Waals surface area contributed by atoms with Crippen molar-refractivity contribution in [2.75, 3.05) is 25.5 Å². The first-order chi connectivity index (χ1) is 22.0. The summed E-state index contributed by atoms with van der Waals surface area (Å²) >= 11 is 0. The average Bonchev–Trinajstić information content (AvgIpc) is 3.49. The molecule has 0 aliphatic carbocycles. The van der Waals surface area contributed by atoms with Crippen molar-refractivity contribution < 1.29 is 9.50 Å². The number of fused-ring (bicyclic) bond motifs is 1. The van der Waals surface area contributed by atoms with Crippen LogP contribution in [0.4, 0.5) is 15.9 Å². The number of likely N-dealkylation sites (tertiary alicyclic amines) is 1. The second kappa shape index (κ2) is 12.0. The highest BCUT2D eigenvalue weighted by Gasteiger charge is 2.24. The summed E-state index contributed by atoms with van der Waals surface area (Å²) in [5.74, 6) is 0.201. The van der Waals surface area contributed by atoms with Gasteiger partial charge >= 0.3 is 0 Å². The van der Waals surface area contributed by atoms with Crippen LogP contribution in [0, 0.1) is 17.1 Å². The third-order valence-corrected chi connectivity index (χ3v) is 8.78. The molecule has 4 heterocycles. The zero-order valence-corrected chi connectivity index (χ0v) is 26.1. The van der Waals surface area contributed by atoms with Gasteiger partial charge in [-0.05, 0) is 92.7 Å². The Morgan fingerprint density at radius 1 is 1.11 bits per heavy atom. The predicted octanol–water partition coefficient (Wildman–Crippen LogP) is 4.74. The van der Waals surface area contributed by atoms with E-state index < -0.39 is 23.4 Å². The number of aliphatic hydroxyl groups excluding tert-OH is 1. The minimum Gasteiger partial charge on any atom is -0.392 e. The number of rotatable bonds is 7. The summed E-state index contributed by atoms with van der Waals surface area (Å²) in [7, 11) is 3.64. The minimum atomic E-state index is -0.939. The number of likely N-dealkylation sites (N-methyl/N-ethyl adjacent to an activating group) is 1. The maximum absolute atomic E-state index is 15.4. The highest BCUT2D eigenvalue weighted by molar-refractivity contribution is 5.84. The fourth-order valence-corrected chi connectivity index (χ4v) is 6.05. The third-order valence-electron chi connectivity index (χ3n) is 8.78. The van der Waals surface area contributed by atoms with E-state index in [1.54, 1.807) is 50.2 Å². The van der Waals surface area contributed by atoms with Crippen LogP contribution in [0.1, 0.15) is 42.9 Å². The molecule has 1 aliphatic heterocycles. The number of anilines is 2. The monoisotopic (exact) mass is 619 g/mol. The van der Waals surface area contributed by atoms with E-state index in [0.717, 1.165) is 25.1 Å². The molecule has 3 aromatic heterocycles. The highest BCUT2D eigenvalue weighted by Crippen LogP contribution is 2.31. The molecule has 2 N–H and O–H groups in total. The summed E-state index contributed by atoms with van der Waals surface area (Å²) in [5.41, 5.74) is 1.52. The maximum Gasteiger partial charge on any atom is 0.290 e. The Morgan fingerprint density at radius 2 is 1.91 bits per heavy atom. The van der Waals surface area contributed by atoms with Crippen molar-refractivity contribution in [1.82, 2.24) is 24.2 Å². The van der Waals surface area contributed by atoms with Crippen LogP contribution >= 0.6 is 0 Å². The van der Waals surface area contributed by atoms with E-state index in [2.05, 4.69) is 33.4 Å². The van der Waals surface area contributed by atoms with Crippen LogP contribution in [0.5, 0.6) is 0 Å². The third kappa shape index (κ3) is 5.57. The van der Waals surface area contributed by atoms with Gasteiger partial charge in [-0.3, -0.25) is 14.2 Å².